The van der Waals surface area contributed by atoms with E-state index in [0.717, 1.165) is 91.3 Å². The summed E-state index contributed by atoms with van der Waals surface area (Å²) >= 11 is 6.10. The molecule has 2 aliphatic rings. The molecule has 2 atom stereocenters. The van der Waals surface area contributed by atoms with Crippen LogP contribution >= 0.6 is 45.3 Å². The van der Waals surface area contributed by atoms with E-state index in [0.29, 0.717) is 56.1 Å². The van der Waals surface area contributed by atoms with E-state index in [1.54, 1.807) is 22.7 Å². The monoisotopic (exact) mass is 1420 g/mol. The predicted molar refractivity (Wildman–Crippen MR) is 426 cm³/mol. The van der Waals surface area contributed by atoms with Crippen molar-refractivity contribution in [2.45, 2.75) is 285 Å². The lowest BCUT2D eigenvalue weighted by Gasteiger charge is -2.25. The van der Waals surface area contributed by atoms with Crippen LogP contribution in [0.15, 0.2) is 72.8 Å². The quantitative estimate of drug-likeness (QED) is 0.0213. The van der Waals surface area contributed by atoms with Crippen LogP contribution in [0.3, 0.4) is 0 Å². The maximum Gasteiger partial charge on any atom is 0.536 e. The van der Waals surface area contributed by atoms with Crippen LogP contribution in [0.5, 0.6) is 0 Å². The Morgan fingerprint density at radius 2 is 0.740 bits per heavy atom. The number of rotatable bonds is 48. The minimum atomic E-state index is -0.156. The summed E-state index contributed by atoms with van der Waals surface area (Å²) in [5.41, 5.74) is 3.89. The van der Waals surface area contributed by atoms with Gasteiger partial charge in [0.1, 0.15) is 47.0 Å². The molecule has 2 aliphatic heterocycles. The van der Waals surface area contributed by atoms with Gasteiger partial charge in [-0.15, -0.1) is 45.3 Å². The van der Waals surface area contributed by atoms with Gasteiger partial charge in [-0.1, -0.05) is 259 Å². The first-order valence-corrected chi connectivity index (χ1v) is 42.2. The summed E-state index contributed by atoms with van der Waals surface area (Å²) < 4.78 is 3.21. The van der Waals surface area contributed by atoms with Gasteiger partial charge in [-0.2, -0.15) is 20.2 Å². The van der Waals surface area contributed by atoms with E-state index >= 15 is 9.59 Å². The highest BCUT2D eigenvalue weighted by atomic mass is 32.1. The topological polar surface area (TPSA) is 123 Å². The molecule has 0 bridgehead atoms. The Morgan fingerprint density at radius 1 is 0.420 bits per heavy atom. The molecule has 10 nitrogen and oxygen atoms in total. The molecular weight excluding hydrogens is 1310 g/mol. The van der Waals surface area contributed by atoms with Gasteiger partial charge in [0.2, 0.25) is 0 Å². The summed E-state index contributed by atoms with van der Waals surface area (Å²) in [6.45, 7) is 25.2. The summed E-state index contributed by atoms with van der Waals surface area (Å²) in [7, 11) is 0. The van der Waals surface area contributed by atoms with E-state index < -0.39 is 0 Å². The Labute approximate surface area is 616 Å². The first-order valence-electron chi connectivity index (χ1n) is 39.0. The van der Waals surface area contributed by atoms with Crippen LogP contribution in [0.4, 0.5) is 11.6 Å². The molecule has 2 amide bonds. The SMILES string of the molecule is [C-]#[N+]C([N+]#[C-])=c1cc/c(=C\c2ccc(-c3ccc4c(n3)N(CC(CCCCCCCCCC)CCCCCCCCCCCC)C(=O)/C4=C3/C(=O)N(CC(CCCCCCCCCC)CCCCCCCCCCCC)c4nc(-c5ccc(/C=c6\ccc(=C(C#N)C#N)s6)s5)ccc43)s2)s1. The number of carbonyl (C=O) groups excluding carboxylic acids is 2. The van der Waals surface area contributed by atoms with Crippen molar-refractivity contribution in [2.75, 3.05) is 22.9 Å². The highest BCUT2D eigenvalue weighted by Crippen LogP contribution is 2.48. The van der Waals surface area contributed by atoms with E-state index in [1.807, 2.05) is 58.3 Å². The molecule has 0 aliphatic carbocycles. The second kappa shape index (κ2) is 44.6. The number of anilines is 2. The smallest absolute Gasteiger partial charge is 0.292 e. The molecule has 6 aromatic rings. The lowest BCUT2D eigenvalue weighted by molar-refractivity contribution is -0.114. The third kappa shape index (κ3) is 24.2. The van der Waals surface area contributed by atoms with Crippen LogP contribution in [0, 0.1) is 47.6 Å². The van der Waals surface area contributed by atoms with Crippen LogP contribution in [0.1, 0.15) is 305 Å². The number of pyridine rings is 2. The number of amides is 2. The van der Waals surface area contributed by atoms with Crippen LogP contribution < -0.4 is 27.9 Å². The van der Waals surface area contributed by atoms with E-state index in [9.17, 15) is 10.5 Å². The number of hydrogen-bond acceptors (Lipinski definition) is 10. The minimum Gasteiger partial charge on any atom is -0.292 e. The van der Waals surface area contributed by atoms with Gasteiger partial charge in [0.15, 0.2) is 0 Å². The average molecular weight is 1420 g/mol. The minimum absolute atomic E-state index is 0.0766. The zero-order valence-electron chi connectivity index (χ0n) is 61.0. The van der Waals surface area contributed by atoms with Crippen LogP contribution in [0.25, 0.3) is 65.5 Å². The number of aromatic nitrogens is 2. The van der Waals surface area contributed by atoms with Gasteiger partial charge >= 0.3 is 5.82 Å². The lowest BCUT2D eigenvalue weighted by Crippen LogP contribution is -2.34. The number of fused-ring (bicyclic) bond motifs is 2. The molecule has 100 heavy (non-hydrogen) atoms. The fourth-order valence-corrected chi connectivity index (χ4v) is 18.2. The summed E-state index contributed by atoms with van der Waals surface area (Å²) in [5.74, 6) is 1.53. The van der Waals surface area contributed by atoms with Gasteiger partial charge in [-0.25, -0.2) is 9.97 Å². The number of hydrogen-bond donors (Lipinski definition) is 0. The first kappa shape index (κ1) is 78.9. The molecule has 0 aromatic carbocycles. The Hall–Kier alpha value is -6.78. The zero-order valence-corrected chi connectivity index (χ0v) is 64.2. The van der Waals surface area contributed by atoms with Crippen molar-refractivity contribution < 1.29 is 9.59 Å². The molecule has 6 aromatic heterocycles. The maximum atomic E-state index is 16.2. The molecule has 0 fully saturated rings. The second-order valence-corrected chi connectivity index (χ2v) is 32.6. The Morgan fingerprint density at radius 3 is 1.07 bits per heavy atom. The number of thiophene rings is 4. The van der Waals surface area contributed by atoms with Gasteiger partial charge in [-0.3, -0.25) is 19.4 Å². The Bertz CT molecular complexity index is 3720. The third-order valence-electron chi connectivity index (χ3n) is 20.2. The highest BCUT2D eigenvalue weighted by molar-refractivity contribution is 7.17. The van der Waals surface area contributed by atoms with Crippen molar-refractivity contribution in [3.8, 4) is 33.3 Å². The molecule has 0 saturated carbocycles. The molecular formula is C86H112N8O2S4. The second-order valence-electron chi connectivity index (χ2n) is 28.2. The normalized spacial score (nSPS) is 14.4. The van der Waals surface area contributed by atoms with Crippen molar-refractivity contribution in [1.82, 2.24) is 9.97 Å². The van der Waals surface area contributed by atoms with Crippen LogP contribution in [0.2, 0.25) is 0 Å². The van der Waals surface area contributed by atoms with Gasteiger partial charge in [0.05, 0.1) is 36.8 Å². The molecule has 2 unspecified atom stereocenters. The number of unbranched alkanes of at least 4 members (excludes halogenated alkanes) is 32. The largest absolute Gasteiger partial charge is 0.536 e. The molecule has 532 valence electrons. The van der Waals surface area contributed by atoms with Crippen molar-refractivity contribution in [2.24, 2.45) is 11.8 Å². The van der Waals surface area contributed by atoms with Gasteiger partial charge in [-0.05, 0) is 122 Å². The standard InChI is InChI=1S/C86H112N8O2S4/c1-7-11-15-19-23-27-29-33-37-41-45-65(43-39-35-31-25-21-17-13-9-3)63-93-83-72(51-53-74(91-83)77-56-48-69(98-77)59-68-47-55-76(97-68)67(61-87)62-88)80(85(93)95)81-73-52-54-75(78-57-49-70(99-78)60-71-50-58-79(100-71)82(89-5)90-6)92-84(73)94(86(81)96)64-66(44-40-36-32-26-22-18-14-10-4)46-42-38-34-30-28-24-20-16-12-8-2/h47-60,65-66H,7-46,63-64H2,1-4H3/b68-59+,71-60+,81-80+. The van der Waals surface area contributed by atoms with E-state index in [1.165, 1.54) is 228 Å². The summed E-state index contributed by atoms with van der Waals surface area (Å²) in [4.78, 5) is 58.3. The Balaban J connectivity index is 1.18. The fourth-order valence-electron chi connectivity index (χ4n) is 14.4. The van der Waals surface area contributed by atoms with Crippen molar-refractivity contribution in [3.05, 3.63) is 135 Å². The fraction of sp³-hybridized carbons (Fsp3) is 0.558. The molecule has 0 saturated heterocycles. The molecule has 0 spiro atoms. The van der Waals surface area contributed by atoms with Gasteiger partial charge in [0, 0.05) is 43.0 Å². The van der Waals surface area contributed by atoms with E-state index in [4.69, 9.17) is 23.1 Å². The molecule has 8 rings (SSSR count). The molecule has 14 heteroatoms. The molecule has 8 heterocycles. The van der Waals surface area contributed by atoms with Crippen LogP contribution in [-0.4, -0.2) is 34.9 Å². The van der Waals surface area contributed by atoms with E-state index in [2.05, 4.69) is 85.9 Å². The van der Waals surface area contributed by atoms with Crippen molar-refractivity contribution >= 4 is 103 Å². The first-order chi connectivity index (χ1) is 49.1. The Kier molecular flexibility index (Phi) is 35.2. The zero-order chi connectivity index (χ0) is 70.5. The predicted octanol–water partition coefficient (Wildman–Crippen LogP) is 23.3. The summed E-state index contributed by atoms with van der Waals surface area (Å²) in [6, 6.07) is 28.2. The lowest BCUT2D eigenvalue weighted by atomic mass is 9.93. The molecule has 0 N–H and O–H groups in total. The number of nitrogens with zero attached hydrogens (tertiary/aromatic N) is 8. The van der Waals surface area contributed by atoms with Crippen LogP contribution in [-0.2, 0) is 9.59 Å². The number of carbonyl (C=O) groups is 2. The summed E-state index contributed by atoms with van der Waals surface area (Å²) in [5, 5.41) is 19.2. The third-order valence-corrected chi connectivity index (χ3v) is 24.4. The van der Waals surface area contributed by atoms with Gasteiger partial charge in [0.25, 0.3) is 11.8 Å². The molecule has 0 radical (unpaired) electrons. The highest BCUT2D eigenvalue weighted by Gasteiger charge is 2.45. The van der Waals surface area contributed by atoms with Crippen molar-refractivity contribution in [1.29, 1.82) is 10.5 Å². The van der Waals surface area contributed by atoms with E-state index in [-0.39, 0.29) is 35.0 Å². The maximum absolute atomic E-state index is 16.2. The summed E-state index contributed by atoms with van der Waals surface area (Å²) in [6.07, 6.45) is 53.7. The number of nitriles is 2. The average Bonchev–Trinajstić information content (AvgIpc) is 1.57. The van der Waals surface area contributed by atoms with Gasteiger partial charge < -0.3 is 0 Å². The van der Waals surface area contributed by atoms with Crippen molar-refractivity contribution in [3.63, 3.8) is 0 Å².